The Bertz CT molecular complexity index is 465. The zero-order valence-electron chi connectivity index (χ0n) is 13.1. The third kappa shape index (κ3) is 2.74. The Balaban J connectivity index is 2.18. The average molecular weight is 299 g/mol. The van der Waals surface area contributed by atoms with E-state index in [1.807, 2.05) is 14.0 Å². The molecule has 5 heteroatoms. The van der Waals surface area contributed by atoms with Gasteiger partial charge in [-0.3, -0.25) is 9.58 Å². The van der Waals surface area contributed by atoms with Crippen molar-refractivity contribution in [2.45, 2.75) is 58.0 Å². The highest BCUT2D eigenvalue weighted by molar-refractivity contribution is 6.30. The molecule has 1 fully saturated rings. The maximum Gasteiger partial charge on any atom is 0.130 e. The van der Waals surface area contributed by atoms with Crippen LogP contribution in [0.2, 0.25) is 5.15 Å². The van der Waals surface area contributed by atoms with Gasteiger partial charge < -0.3 is 5.73 Å². The van der Waals surface area contributed by atoms with Crippen LogP contribution in [0.1, 0.15) is 44.4 Å². The lowest BCUT2D eigenvalue weighted by molar-refractivity contribution is 0.0998. The first-order valence-electron chi connectivity index (χ1n) is 7.58. The minimum absolute atomic E-state index is 0.0438. The standard InChI is InChI=1S/C15H27ClN4/c1-5-15(3,20-8-6-7-9-20)13(17)10-12-11(2)18-19(4)14(12)16/h13H,5-10,17H2,1-4H3. The molecular weight excluding hydrogens is 272 g/mol. The summed E-state index contributed by atoms with van der Waals surface area (Å²) in [6.45, 7) is 8.86. The van der Waals surface area contributed by atoms with Crippen molar-refractivity contribution in [2.75, 3.05) is 13.1 Å². The normalized spacial score (nSPS) is 21.1. The number of nitrogens with zero attached hydrogens (tertiary/aromatic N) is 3. The summed E-state index contributed by atoms with van der Waals surface area (Å²) in [6.07, 6.45) is 4.43. The molecule has 1 saturated heterocycles. The zero-order chi connectivity index (χ0) is 14.9. The van der Waals surface area contributed by atoms with E-state index in [-0.39, 0.29) is 11.6 Å². The van der Waals surface area contributed by atoms with E-state index < -0.39 is 0 Å². The van der Waals surface area contributed by atoms with Crippen molar-refractivity contribution in [3.8, 4) is 0 Å². The van der Waals surface area contributed by atoms with Gasteiger partial charge in [-0.25, -0.2) is 0 Å². The fraction of sp³-hybridized carbons (Fsp3) is 0.800. The van der Waals surface area contributed by atoms with Crippen LogP contribution in [0, 0.1) is 6.92 Å². The van der Waals surface area contributed by atoms with Gasteiger partial charge in [0.25, 0.3) is 0 Å². The fourth-order valence-corrected chi connectivity index (χ4v) is 3.55. The number of hydrogen-bond donors (Lipinski definition) is 1. The van der Waals surface area contributed by atoms with Crippen molar-refractivity contribution >= 4 is 11.6 Å². The topological polar surface area (TPSA) is 47.1 Å². The molecule has 4 nitrogen and oxygen atoms in total. The van der Waals surface area contributed by atoms with Crippen LogP contribution in [-0.2, 0) is 13.5 Å². The van der Waals surface area contributed by atoms with E-state index >= 15 is 0 Å². The highest BCUT2D eigenvalue weighted by Gasteiger charge is 2.38. The van der Waals surface area contributed by atoms with Crippen molar-refractivity contribution < 1.29 is 0 Å². The van der Waals surface area contributed by atoms with Gasteiger partial charge >= 0.3 is 0 Å². The van der Waals surface area contributed by atoms with Gasteiger partial charge in [0, 0.05) is 24.2 Å². The molecule has 2 atom stereocenters. The molecule has 1 aromatic rings. The minimum atomic E-state index is 0.0438. The van der Waals surface area contributed by atoms with Crippen LogP contribution in [0.5, 0.6) is 0 Å². The van der Waals surface area contributed by atoms with Crippen LogP contribution in [0.4, 0.5) is 0 Å². The van der Waals surface area contributed by atoms with Crippen molar-refractivity contribution in [1.82, 2.24) is 14.7 Å². The lowest BCUT2D eigenvalue weighted by Gasteiger charge is -2.43. The number of hydrogen-bond acceptors (Lipinski definition) is 3. The van der Waals surface area contributed by atoms with Gasteiger partial charge in [-0.15, -0.1) is 0 Å². The van der Waals surface area contributed by atoms with Crippen LogP contribution in [0.3, 0.4) is 0 Å². The van der Waals surface area contributed by atoms with Crippen LogP contribution < -0.4 is 5.73 Å². The van der Waals surface area contributed by atoms with E-state index in [1.54, 1.807) is 4.68 Å². The van der Waals surface area contributed by atoms with Gasteiger partial charge in [0.1, 0.15) is 5.15 Å². The summed E-state index contributed by atoms with van der Waals surface area (Å²) < 4.78 is 1.73. The van der Waals surface area contributed by atoms with Gasteiger partial charge in [-0.1, -0.05) is 18.5 Å². The number of aromatic nitrogens is 2. The lowest BCUT2D eigenvalue weighted by atomic mass is 9.84. The Labute approximate surface area is 127 Å². The highest BCUT2D eigenvalue weighted by atomic mass is 35.5. The second kappa shape index (κ2) is 6.04. The fourth-order valence-electron chi connectivity index (χ4n) is 3.29. The number of nitrogens with two attached hydrogens (primary N) is 1. The molecule has 0 radical (unpaired) electrons. The molecule has 114 valence electrons. The summed E-state index contributed by atoms with van der Waals surface area (Å²) >= 11 is 6.34. The van der Waals surface area contributed by atoms with Crippen LogP contribution >= 0.6 is 11.6 Å². The van der Waals surface area contributed by atoms with E-state index in [0.29, 0.717) is 0 Å². The van der Waals surface area contributed by atoms with Gasteiger partial charge in [0.2, 0.25) is 0 Å². The zero-order valence-corrected chi connectivity index (χ0v) is 13.9. The van der Waals surface area contributed by atoms with Crippen LogP contribution in [-0.4, -0.2) is 39.4 Å². The number of aryl methyl sites for hydroxylation is 2. The summed E-state index contributed by atoms with van der Waals surface area (Å²) in [5.74, 6) is 0. The number of likely N-dealkylation sites (tertiary alicyclic amines) is 1. The molecule has 2 N–H and O–H groups in total. The largest absolute Gasteiger partial charge is 0.326 e. The number of halogens is 1. The van der Waals surface area contributed by atoms with E-state index in [1.165, 1.54) is 12.8 Å². The minimum Gasteiger partial charge on any atom is -0.326 e. The van der Waals surface area contributed by atoms with E-state index in [9.17, 15) is 0 Å². The molecule has 2 heterocycles. The molecule has 1 aromatic heterocycles. The SMILES string of the molecule is CCC(C)(C(N)Cc1c(C)nn(C)c1Cl)N1CCCC1. The van der Waals surface area contributed by atoms with Crippen LogP contribution in [0.25, 0.3) is 0 Å². The third-order valence-corrected chi connectivity index (χ3v) is 5.51. The maximum absolute atomic E-state index is 6.58. The Morgan fingerprint density at radius 1 is 1.40 bits per heavy atom. The molecule has 0 saturated carbocycles. The van der Waals surface area contributed by atoms with E-state index in [2.05, 4.69) is 23.8 Å². The molecule has 2 rings (SSSR count). The monoisotopic (exact) mass is 298 g/mol. The summed E-state index contributed by atoms with van der Waals surface area (Å²) in [5, 5.41) is 5.10. The first kappa shape index (κ1) is 15.8. The molecule has 0 spiro atoms. The van der Waals surface area contributed by atoms with E-state index in [0.717, 1.165) is 42.3 Å². The van der Waals surface area contributed by atoms with Gasteiger partial charge in [-0.05, 0) is 52.6 Å². The molecule has 1 aliphatic rings. The summed E-state index contributed by atoms with van der Waals surface area (Å²) in [7, 11) is 1.88. The van der Waals surface area contributed by atoms with Crippen molar-refractivity contribution in [1.29, 1.82) is 0 Å². The van der Waals surface area contributed by atoms with Gasteiger partial charge in [-0.2, -0.15) is 5.10 Å². The Morgan fingerprint density at radius 3 is 2.45 bits per heavy atom. The summed E-state index contributed by atoms with van der Waals surface area (Å²) in [6, 6.07) is 0.0750. The Morgan fingerprint density at radius 2 is 2.00 bits per heavy atom. The second-order valence-corrected chi connectivity index (χ2v) is 6.55. The predicted octanol–water partition coefficient (Wildman–Crippen LogP) is 2.52. The van der Waals surface area contributed by atoms with Crippen molar-refractivity contribution in [2.24, 2.45) is 12.8 Å². The highest BCUT2D eigenvalue weighted by Crippen LogP contribution is 2.30. The van der Waals surface area contributed by atoms with E-state index in [4.69, 9.17) is 17.3 Å². The van der Waals surface area contributed by atoms with Gasteiger partial charge in [0.05, 0.1) is 5.69 Å². The summed E-state index contributed by atoms with van der Waals surface area (Å²) in [5.41, 5.74) is 8.72. The van der Waals surface area contributed by atoms with Crippen molar-refractivity contribution in [3.63, 3.8) is 0 Å². The maximum atomic E-state index is 6.58. The molecule has 0 aliphatic carbocycles. The smallest absolute Gasteiger partial charge is 0.130 e. The Hall–Kier alpha value is -0.580. The molecule has 0 aromatic carbocycles. The molecule has 20 heavy (non-hydrogen) atoms. The first-order valence-corrected chi connectivity index (χ1v) is 7.96. The molecular formula is C15H27ClN4. The lowest BCUT2D eigenvalue weighted by Crippen LogP contribution is -2.57. The first-order chi connectivity index (χ1) is 9.40. The second-order valence-electron chi connectivity index (χ2n) is 6.19. The Kier molecular flexibility index (Phi) is 4.77. The predicted molar refractivity (Wildman–Crippen MR) is 84.1 cm³/mol. The molecule has 2 unspecified atom stereocenters. The quantitative estimate of drug-likeness (QED) is 0.908. The van der Waals surface area contributed by atoms with Gasteiger partial charge in [0.15, 0.2) is 0 Å². The molecule has 0 bridgehead atoms. The molecule has 1 aliphatic heterocycles. The van der Waals surface area contributed by atoms with Crippen molar-refractivity contribution in [3.05, 3.63) is 16.4 Å². The molecule has 0 amide bonds. The van der Waals surface area contributed by atoms with Crippen LogP contribution in [0.15, 0.2) is 0 Å². The third-order valence-electron chi connectivity index (χ3n) is 5.04. The summed E-state index contributed by atoms with van der Waals surface area (Å²) in [4.78, 5) is 2.55. The average Bonchev–Trinajstić information content (AvgIpc) is 3.03. The number of rotatable bonds is 5.